The highest BCUT2D eigenvalue weighted by molar-refractivity contribution is 5.84. The van der Waals surface area contributed by atoms with E-state index in [2.05, 4.69) is 21.3 Å². The zero-order chi connectivity index (χ0) is 45.7. The lowest BCUT2D eigenvalue weighted by Crippen LogP contribution is -2.51. The fourth-order valence-electron chi connectivity index (χ4n) is 5.50. The summed E-state index contributed by atoms with van der Waals surface area (Å²) in [7, 11) is 2.39. The average Bonchev–Trinajstić information content (AvgIpc) is 3.24. The molecule has 0 aromatic heterocycles. The zero-order valence-electron chi connectivity index (χ0n) is 36.2. The molecule has 4 atom stereocenters. The Kier molecular flexibility index (Phi) is 19.3. The van der Waals surface area contributed by atoms with E-state index in [0.29, 0.717) is 11.1 Å². The third-order valence-corrected chi connectivity index (χ3v) is 8.21. The van der Waals surface area contributed by atoms with Crippen molar-refractivity contribution in [2.24, 2.45) is 0 Å². The number of hydrogen-bond acceptors (Lipinski definition) is 12. The maximum Gasteiger partial charge on any atom is 0.408 e. The molecule has 0 heterocycles. The molecule has 0 saturated carbocycles. The molecule has 4 rings (SSSR count). The number of alkyl carbamates (subject to hydrolysis) is 4. The van der Waals surface area contributed by atoms with Crippen molar-refractivity contribution in [3.63, 3.8) is 0 Å². The van der Waals surface area contributed by atoms with Gasteiger partial charge in [0.1, 0.15) is 24.4 Å². The van der Waals surface area contributed by atoms with Crippen LogP contribution in [0.3, 0.4) is 0 Å². The van der Waals surface area contributed by atoms with Crippen molar-refractivity contribution in [3.8, 4) is 0 Å². The maximum atomic E-state index is 12.5. The first-order chi connectivity index (χ1) is 29.4. The van der Waals surface area contributed by atoms with Crippen molar-refractivity contribution in [3.05, 3.63) is 144 Å². The quantitative estimate of drug-likeness (QED) is 0.0722. The highest BCUT2D eigenvalue weighted by Gasteiger charge is 2.36. The first-order valence-corrected chi connectivity index (χ1v) is 19.6. The Balaban J connectivity index is 0.000000330. The van der Waals surface area contributed by atoms with Gasteiger partial charge in [-0.2, -0.15) is 0 Å². The van der Waals surface area contributed by atoms with E-state index in [4.69, 9.17) is 28.4 Å². The van der Waals surface area contributed by atoms with Crippen LogP contribution in [-0.4, -0.2) is 73.8 Å². The van der Waals surface area contributed by atoms with Gasteiger partial charge in [0.15, 0.2) is 12.1 Å². The van der Waals surface area contributed by atoms with Gasteiger partial charge in [-0.15, -0.1) is 0 Å². The minimum atomic E-state index is -1.25. The topological polar surface area (TPSA) is 206 Å². The van der Waals surface area contributed by atoms with Gasteiger partial charge < -0.3 is 49.7 Å². The summed E-state index contributed by atoms with van der Waals surface area (Å²) in [6.45, 7) is 10.4. The number of carbonyl (C=O) groups excluding carboxylic acids is 6. The Hall–Kier alpha value is -7.10. The third-order valence-electron chi connectivity index (χ3n) is 8.21. The molecule has 0 spiro atoms. The Morgan fingerprint density at radius 2 is 0.726 bits per heavy atom. The van der Waals surface area contributed by atoms with E-state index < -0.39 is 71.7 Å². The van der Waals surface area contributed by atoms with Gasteiger partial charge in [0.2, 0.25) is 0 Å². The Morgan fingerprint density at radius 1 is 0.435 bits per heavy atom. The summed E-state index contributed by atoms with van der Waals surface area (Å²) in [5, 5.41) is 10.3. The predicted octanol–water partition coefficient (Wildman–Crippen LogP) is 7.44. The highest BCUT2D eigenvalue weighted by atomic mass is 16.6. The Bertz CT molecular complexity index is 1880. The van der Waals surface area contributed by atoms with Crippen molar-refractivity contribution in [2.75, 3.05) is 14.2 Å². The molecule has 0 unspecified atom stereocenters. The summed E-state index contributed by atoms with van der Waals surface area (Å²) in [5.74, 6) is -1.50. The van der Waals surface area contributed by atoms with Gasteiger partial charge in [0.05, 0.1) is 26.3 Å². The van der Waals surface area contributed by atoms with Crippen LogP contribution in [0.1, 0.15) is 75.9 Å². The summed E-state index contributed by atoms with van der Waals surface area (Å²) in [6.07, 6.45) is -3.14. The predicted molar refractivity (Wildman–Crippen MR) is 228 cm³/mol. The second-order valence-electron chi connectivity index (χ2n) is 15.5. The number of nitrogens with one attached hydrogen (secondary N) is 4. The van der Waals surface area contributed by atoms with Crippen LogP contribution in [-0.2, 0) is 51.2 Å². The summed E-state index contributed by atoms with van der Waals surface area (Å²) < 4.78 is 30.8. The Morgan fingerprint density at radius 3 is 1.00 bits per heavy atom. The van der Waals surface area contributed by atoms with Gasteiger partial charge in [-0.3, -0.25) is 0 Å². The second kappa shape index (κ2) is 24.2. The van der Waals surface area contributed by atoms with Gasteiger partial charge in [0.25, 0.3) is 0 Å². The van der Waals surface area contributed by atoms with Gasteiger partial charge in [-0.25, -0.2) is 28.8 Å². The van der Waals surface area contributed by atoms with E-state index >= 15 is 0 Å². The van der Waals surface area contributed by atoms with Crippen LogP contribution in [0.2, 0.25) is 0 Å². The molecule has 0 aliphatic rings. The van der Waals surface area contributed by atoms with Crippen molar-refractivity contribution in [1.29, 1.82) is 0 Å². The lowest BCUT2D eigenvalue weighted by Gasteiger charge is -2.28. The van der Waals surface area contributed by atoms with Crippen LogP contribution in [0.25, 0.3) is 0 Å². The number of ether oxygens (including phenoxy) is 6. The first-order valence-electron chi connectivity index (χ1n) is 19.6. The van der Waals surface area contributed by atoms with Crippen LogP contribution in [0.5, 0.6) is 0 Å². The molecule has 16 nitrogen and oxygen atoms in total. The molecule has 0 radical (unpaired) electrons. The van der Waals surface area contributed by atoms with Gasteiger partial charge >= 0.3 is 36.3 Å². The number of esters is 2. The van der Waals surface area contributed by atoms with Gasteiger partial charge in [-0.1, -0.05) is 121 Å². The lowest BCUT2D eigenvalue weighted by molar-refractivity contribution is -0.144. The fraction of sp³-hybridized carbons (Fsp3) is 0.348. The van der Waals surface area contributed by atoms with Crippen molar-refractivity contribution in [2.45, 2.75) is 90.1 Å². The maximum absolute atomic E-state index is 12.5. The zero-order valence-corrected chi connectivity index (χ0v) is 36.2. The molecule has 4 N–H and O–H groups in total. The first kappa shape index (κ1) is 49.3. The third kappa shape index (κ3) is 18.0. The van der Waals surface area contributed by atoms with Crippen molar-refractivity contribution >= 4 is 36.3 Å². The highest BCUT2D eigenvalue weighted by Crippen LogP contribution is 2.22. The molecular weight excluding hydrogens is 801 g/mol. The number of methoxy groups -OCH3 is 2. The Labute approximate surface area is 361 Å². The molecule has 4 aromatic carbocycles. The SMILES string of the molecule is COC(=O)[C@@H](NC(=O)OCc1ccccc1)[C@H](NC(=O)OC(C)(C)C)c1ccccc1.COC(=O)[C@H](NC(=O)OCc1ccccc1)[C@@H](NC(=O)OC(C)(C)C)c1ccccc1. The normalized spacial score (nSPS) is 12.8. The molecule has 0 aliphatic heterocycles. The molecule has 332 valence electrons. The fourth-order valence-corrected chi connectivity index (χ4v) is 5.50. The molecule has 0 aliphatic carbocycles. The number of rotatable bonds is 14. The van der Waals surface area contributed by atoms with Crippen LogP contribution < -0.4 is 21.3 Å². The molecule has 0 bridgehead atoms. The van der Waals surface area contributed by atoms with Gasteiger partial charge in [-0.05, 0) is 63.8 Å². The summed E-state index contributed by atoms with van der Waals surface area (Å²) >= 11 is 0. The smallest absolute Gasteiger partial charge is 0.408 e. The summed E-state index contributed by atoms with van der Waals surface area (Å²) in [4.78, 5) is 74.7. The lowest BCUT2D eigenvalue weighted by atomic mass is 9.99. The molecule has 4 amide bonds. The second-order valence-corrected chi connectivity index (χ2v) is 15.5. The van der Waals surface area contributed by atoms with Crippen LogP contribution in [0.4, 0.5) is 19.2 Å². The summed E-state index contributed by atoms with van der Waals surface area (Å²) in [6, 6.07) is 31.3. The van der Waals surface area contributed by atoms with E-state index in [1.165, 1.54) is 14.2 Å². The molecule has 4 aromatic rings. The molecular formula is C46H56N4O12. The molecule has 0 saturated heterocycles. The number of carbonyl (C=O) groups is 6. The largest absolute Gasteiger partial charge is 0.467 e. The standard InChI is InChI=1S/2C23H28N2O6/c2*1-23(2,3)31-22(28)24-18(17-13-9-6-10-14-17)19(20(26)29-4)25-21(27)30-15-16-11-7-5-8-12-16/h2*5-14,18-19H,15H2,1-4H3,(H,24,28)(H,25,27)/t2*18-,19+/m10/s1. The van der Waals surface area contributed by atoms with E-state index in [-0.39, 0.29) is 13.2 Å². The van der Waals surface area contributed by atoms with E-state index in [9.17, 15) is 28.8 Å². The molecule has 62 heavy (non-hydrogen) atoms. The van der Waals surface area contributed by atoms with E-state index in [0.717, 1.165) is 11.1 Å². The van der Waals surface area contributed by atoms with E-state index in [1.807, 2.05) is 60.7 Å². The van der Waals surface area contributed by atoms with Crippen LogP contribution in [0, 0.1) is 0 Å². The van der Waals surface area contributed by atoms with Crippen molar-refractivity contribution < 1.29 is 57.2 Å². The van der Waals surface area contributed by atoms with Crippen molar-refractivity contribution in [1.82, 2.24) is 21.3 Å². The van der Waals surface area contributed by atoms with E-state index in [1.54, 1.807) is 102 Å². The minimum absolute atomic E-state index is 0.0239. The summed E-state index contributed by atoms with van der Waals surface area (Å²) in [5.41, 5.74) is 1.25. The number of hydrogen-bond donors (Lipinski definition) is 4. The number of amides is 4. The number of benzene rings is 4. The molecule has 0 fully saturated rings. The van der Waals surface area contributed by atoms with Gasteiger partial charge in [0, 0.05) is 0 Å². The minimum Gasteiger partial charge on any atom is -0.467 e. The van der Waals surface area contributed by atoms with Crippen LogP contribution in [0.15, 0.2) is 121 Å². The average molecular weight is 857 g/mol. The van der Waals surface area contributed by atoms with Crippen LogP contribution >= 0.6 is 0 Å². The molecule has 16 heteroatoms. The monoisotopic (exact) mass is 856 g/mol.